The molecule has 0 fully saturated rings. The van der Waals surface area contributed by atoms with Crippen molar-refractivity contribution < 1.29 is 27.5 Å². The van der Waals surface area contributed by atoms with E-state index in [1.807, 2.05) is 20.8 Å². The largest absolute Gasteiger partial charge is 0.416 e. The minimum atomic E-state index is -4.52. The van der Waals surface area contributed by atoms with E-state index in [0.717, 1.165) is 24.3 Å². The van der Waals surface area contributed by atoms with Crippen molar-refractivity contribution in [2.24, 2.45) is 0 Å². The summed E-state index contributed by atoms with van der Waals surface area (Å²) in [5, 5.41) is 7.89. The second kappa shape index (κ2) is 12.0. The molecule has 0 radical (unpaired) electrons. The van der Waals surface area contributed by atoms with E-state index in [2.05, 4.69) is 10.4 Å². The van der Waals surface area contributed by atoms with Crippen LogP contribution in [0.3, 0.4) is 0 Å². The van der Waals surface area contributed by atoms with Gasteiger partial charge in [0.1, 0.15) is 12.4 Å². The van der Waals surface area contributed by atoms with Gasteiger partial charge in [-0.15, -0.1) is 0 Å². The van der Waals surface area contributed by atoms with Gasteiger partial charge >= 0.3 is 6.18 Å². The molecule has 0 atom stereocenters. The monoisotopic (exact) mass is 550 g/mol. The Bertz CT molecular complexity index is 1270. The number of hydrogen-bond acceptors (Lipinski definition) is 4. The van der Waals surface area contributed by atoms with E-state index < -0.39 is 23.6 Å². The predicted octanol–water partition coefficient (Wildman–Crippen LogP) is 5.96. The minimum absolute atomic E-state index is 0.0411. The van der Waals surface area contributed by atoms with Gasteiger partial charge in [-0.3, -0.25) is 9.59 Å². The lowest BCUT2D eigenvalue weighted by atomic mass is 9.92. The molecule has 2 aromatic carbocycles. The molecule has 0 aliphatic heterocycles. The maximum atomic E-state index is 13.1. The molecule has 0 spiro atoms. The number of carbonyl (C=O) groups is 2. The summed E-state index contributed by atoms with van der Waals surface area (Å²) in [5.74, 6) is -0.705. The van der Waals surface area contributed by atoms with Crippen LogP contribution in [0.4, 0.5) is 19.0 Å². The van der Waals surface area contributed by atoms with Crippen molar-refractivity contribution in [1.82, 2.24) is 14.7 Å². The number of anilines is 1. The lowest BCUT2D eigenvalue weighted by Crippen LogP contribution is -2.39. The van der Waals surface area contributed by atoms with Gasteiger partial charge in [-0.1, -0.05) is 44.5 Å². The first-order valence-electron chi connectivity index (χ1n) is 11.9. The van der Waals surface area contributed by atoms with Crippen LogP contribution >= 0.6 is 11.6 Å². The van der Waals surface area contributed by atoms with Crippen LogP contribution in [-0.4, -0.2) is 53.3 Å². The van der Waals surface area contributed by atoms with Crippen LogP contribution in [0.1, 0.15) is 48.8 Å². The summed E-state index contributed by atoms with van der Waals surface area (Å²) < 4.78 is 45.4. The highest BCUT2D eigenvalue weighted by molar-refractivity contribution is 6.32. The number of amides is 2. The Balaban J connectivity index is 1.86. The molecule has 3 aromatic rings. The van der Waals surface area contributed by atoms with Crippen LogP contribution in [0.5, 0.6) is 0 Å². The topological polar surface area (TPSA) is 76.5 Å². The number of nitrogens with one attached hydrogen (secondary N) is 1. The number of carbonyl (C=O) groups excluding carboxylic acids is 2. The summed E-state index contributed by atoms with van der Waals surface area (Å²) in [6, 6.07) is 12.7. The quantitative estimate of drug-likeness (QED) is 0.334. The zero-order valence-corrected chi connectivity index (χ0v) is 22.4. The van der Waals surface area contributed by atoms with Crippen LogP contribution < -0.4 is 5.32 Å². The van der Waals surface area contributed by atoms with Crippen molar-refractivity contribution in [3.8, 4) is 5.69 Å². The first kappa shape index (κ1) is 29.2. The van der Waals surface area contributed by atoms with Crippen LogP contribution in [0, 0.1) is 0 Å². The van der Waals surface area contributed by atoms with Crippen molar-refractivity contribution in [2.75, 3.05) is 32.1 Å². The third-order valence-corrected chi connectivity index (χ3v) is 6.00. The van der Waals surface area contributed by atoms with Gasteiger partial charge in [-0.2, -0.15) is 18.3 Å². The first-order chi connectivity index (χ1) is 17.8. The van der Waals surface area contributed by atoms with Crippen molar-refractivity contribution >= 4 is 29.2 Å². The molecular formula is C27H30ClF3N4O3. The van der Waals surface area contributed by atoms with Gasteiger partial charge in [-0.25, -0.2) is 4.68 Å². The number of halogens is 4. The van der Waals surface area contributed by atoms with Gasteiger partial charge in [0.15, 0.2) is 0 Å². The Morgan fingerprint density at radius 3 is 2.32 bits per heavy atom. The predicted molar refractivity (Wildman–Crippen MR) is 140 cm³/mol. The number of ether oxygens (including phenoxy) is 1. The molecular weight excluding hydrogens is 521 g/mol. The van der Waals surface area contributed by atoms with Crippen LogP contribution in [0.15, 0.2) is 54.6 Å². The molecule has 0 saturated carbocycles. The third kappa shape index (κ3) is 7.35. The Labute approximate surface area is 224 Å². The van der Waals surface area contributed by atoms with Crippen LogP contribution in [0.25, 0.3) is 5.69 Å². The minimum Gasteiger partial charge on any atom is -0.385 e. The number of rotatable bonds is 9. The highest BCUT2D eigenvalue weighted by Gasteiger charge is 2.31. The number of aromatic nitrogens is 2. The summed E-state index contributed by atoms with van der Waals surface area (Å²) in [6.07, 6.45) is -4.09. The molecule has 1 heterocycles. The molecule has 0 unspecified atom stereocenters. The summed E-state index contributed by atoms with van der Waals surface area (Å²) in [7, 11) is 1.51. The maximum Gasteiger partial charge on any atom is 0.416 e. The van der Waals surface area contributed by atoms with Crippen molar-refractivity contribution in [3.63, 3.8) is 0 Å². The molecule has 7 nitrogen and oxygen atoms in total. The summed E-state index contributed by atoms with van der Waals surface area (Å²) in [6.45, 7) is 6.13. The van der Waals surface area contributed by atoms with Crippen LogP contribution in [0.2, 0.25) is 5.02 Å². The fraction of sp³-hybridized carbons (Fsp3) is 0.370. The van der Waals surface area contributed by atoms with Gasteiger partial charge < -0.3 is 15.0 Å². The van der Waals surface area contributed by atoms with Crippen molar-refractivity contribution in [2.45, 2.75) is 38.8 Å². The standard InChI is InChI=1S/C27H30ClF3N4O3/c1-26(2,3)22-16-23(35(33-22)21-9-6-5-8-20(21)28)32-24(36)17-34(14-7-15-38-4)25(37)18-10-12-19(13-11-18)27(29,30)31/h5-6,8-13,16H,7,14-15,17H2,1-4H3,(H,32,36). The summed E-state index contributed by atoms with van der Waals surface area (Å²) in [5.41, 5.74) is 0.138. The number of alkyl halides is 3. The molecule has 38 heavy (non-hydrogen) atoms. The number of para-hydroxylation sites is 1. The fourth-order valence-electron chi connectivity index (χ4n) is 3.64. The second-order valence-electron chi connectivity index (χ2n) is 9.72. The van der Waals surface area contributed by atoms with E-state index in [0.29, 0.717) is 35.2 Å². The summed E-state index contributed by atoms with van der Waals surface area (Å²) >= 11 is 6.39. The SMILES string of the molecule is COCCCN(CC(=O)Nc1cc(C(C)(C)C)nn1-c1ccccc1Cl)C(=O)c1ccc(C(F)(F)F)cc1. The van der Waals surface area contributed by atoms with E-state index in [4.69, 9.17) is 16.3 Å². The Morgan fingerprint density at radius 1 is 1.08 bits per heavy atom. The first-order valence-corrected chi connectivity index (χ1v) is 12.3. The molecule has 3 rings (SSSR count). The smallest absolute Gasteiger partial charge is 0.385 e. The molecule has 0 aliphatic carbocycles. The Hall–Kier alpha value is -3.37. The van der Waals surface area contributed by atoms with Gasteiger partial charge in [0.25, 0.3) is 5.91 Å². The number of benzene rings is 2. The van der Waals surface area contributed by atoms with E-state index in [-0.39, 0.29) is 24.1 Å². The number of methoxy groups -OCH3 is 1. The average Bonchev–Trinajstić information content (AvgIpc) is 3.27. The molecule has 204 valence electrons. The number of nitrogens with zero attached hydrogens (tertiary/aromatic N) is 3. The highest BCUT2D eigenvalue weighted by Crippen LogP contribution is 2.30. The van der Waals surface area contributed by atoms with Gasteiger partial charge in [0.05, 0.1) is 22.0 Å². The molecule has 11 heteroatoms. The normalized spacial score (nSPS) is 11.9. The zero-order valence-electron chi connectivity index (χ0n) is 21.6. The second-order valence-corrected chi connectivity index (χ2v) is 10.1. The number of hydrogen-bond donors (Lipinski definition) is 1. The Morgan fingerprint density at radius 2 is 1.74 bits per heavy atom. The fourth-order valence-corrected chi connectivity index (χ4v) is 3.85. The third-order valence-electron chi connectivity index (χ3n) is 5.68. The molecule has 2 amide bonds. The van der Waals surface area contributed by atoms with Crippen molar-refractivity contribution in [1.29, 1.82) is 0 Å². The summed E-state index contributed by atoms with van der Waals surface area (Å²) in [4.78, 5) is 27.6. The van der Waals surface area contributed by atoms with Crippen LogP contribution in [-0.2, 0) is 21.1 Å². The highest BCUT2D eigenvalue weighted by atomic mass is 35.5. The van der Waals surface area contributed by atoms with Gasteiger partial charge in [0.2, 0.25) is 5.91 Å². The molecule has 0 aliphatic rings. The van der Waals surface area contributed by atoms with E-state index in [9.17, 15) is 22.8 Å². The van der Waals surface area contributed by atoms with Gasteiger partial charge in [-0.05, 0) is 42.8 Å². The zero-order chi connectivity index (χ0) is 28.1. The Kier molecular flexibility index (Phi) is 9.22. The molecule has 1 aromatic heterocycles. The maximum absolute atomic E-state index is 13.1. The van der Waals surface area contributed by atoms with E-state index >= 15 is 0 Å². The molecule has 0 saturated heterocycles. The molecule has 0 bridgehead atoms. The van der Waals surface area contributed by atoms with E-state index in [1.54, 1.807) is 30.3 Å². The van der Waals surface area contributed by atoms with Crippen molar-refractivity contribution in [3.05, 3.63) is 76.4 Å². The molecule has 1 N–H and O–H groups in total. The lowest BCUT2D eigenvalue weighted by Gasteiger charge is -2.22. The van der Waals surface area contributed by atoms with E-state index in [1.165, 1.54) is 16.7 Å². The van der Waals surface area contributed by atoms with Gasteiger partial charge in [0, 0.05) is 37.3 Å². The average molecular weight is 551 g/mol. The lowest BCUT2D eigenvalue weighted by molar-refractivity contribution is -0.137.